The van der Waals surface area contributed by atoms with Gasteiger partial charge in [0.15, 0.2) is 0 Å². The smallest absolute Gasteiger partial charge is 0.255 e. The van der Waals surface area contributed by atoms with Crippen molar-refractivity contribution in [2.45, 2.75) is 4.90 Å². The van der Waals surface area contributed by atoms with Crippen LogP contribution in [0.15, 0.2) is 52.5 Å². The van der Waals surface area contributed by atoms with Gasteiger partial charge in [0.2, 0.25) is 10.0 Å². The number of hydrogen-bond acceptors (Lipinski definition) is 4. The summed E-state index contributed by atoms with van der Waals surface area (Å²) in [6.45, 7) is -0.480. The van der Waals surface area contributed by atoms with E-state index in [1.165, 1.54) is 55.7 Å². The molecule has 0 aromatic heterocycles. The van der Waals surface area contributed by atoms with E-state index in [1.807, 2.05) is 0 Å². The molecule has 0 aliphatic rings. The zero-order chi connectivity index (χ0) is 19.3. The molecule has 0 aliphatic heterocycles. The van der Waals surface area contributed by atoms with E-state index in [9.17, 15) is 17.6 Å². The van der Waals surface area contributed by atoms with Crippen LogP contribution in [0.4, 0.5) is 4.39 Å². The minimum Gasteiger partial charge on any atom is -0.272 e. The molecule has 0 unspecified atom stereocenters. The van der Waals surface area contributed by atoms with Gasteiger partial charge in [-0.25, -0.2) is 18.2 Å². The van der Waals surface area contributed by atoms with Crippen molar-refractivity contribution in [1.29, 1.82) is 0 Å². The van der Waals surface area contributed by atoms with Crippen molar-refractivity contribution in [1.82, 2.24) is 9.73 Å². The Morgan fingerprint density at radius 3 is 2.54 bits per heavy atom. The molecule has 2 rings (SSSR count). The van der Waals surface area contributed by atoms with Crippen LogP contribution in [0.5, 0.6) is 0 Å². The van der Waals surface area contributed by atoms with Gasteiger partial charge in [0.25, 0.3) is 5.91 Å². The maximum Gasteiger partial charge on any atom is 0.255 e. The Labute approximate surface area is 160 Å². The maximum atomic E-state index is 12.8. The Morgan fingerprint density at radius 2 is 1.88 bits per heavy atom. The lowest BCUT2D eigenvalue weighted by atomic mass is 10.2. The minimum absolute atomic E-state index is 0.00371. The van der Waals surface area contributed by atoms with Crippen LogP contribution < -0.4 is 5.43 Å². The Bertz CT molecular complexity index is 934. The zero-order valence-electron chi connectivity index (χ0n) is 13.5. The topological polar surface area (TPSA) is 78.8 Å². The van der Waals surface area contributed by atoms with E-state index in [0.717, 1.165) is 4.31 Å². The number of nitrogens with zero attached hydrogens (tertiary/aromatic N) is 2. The number of rotatable bonds is 6. The second-order valence-electron chi connectivity index (χ2n) is 5.18. The van der Waals surface area contributed by atoms with Crippen molar-refractivity contribution in [3.63, 3.8) is 0 Å². The van der Waals surface area contributed by atoms with Gasteiger partial charge in [0.1, 0.15) is 10.7 Å². The molecule has 10 heteroatoms. The van der Waals surface area contributed by atoms with Gasteiger partial charge in [0, 0.05) is 12.1 Å². The lowest BCUT2D eigenvalue weighted by molar-refractivity contribution is -0.121. The van der Waals surface area contributed by atoms with E-state index in [4.69, 9.17) is 23.2 Å². The molecule has 26 heavy (non-hydrogen) atoms. The van der Waals surface area contributed by atoms with Crippen molar-refractivity contribution in [2.75, 3.05) is 13.6 Å². The van der Waals surface area contributed by atoms with Crippen molar-refractivity contribution >= 4 is 45.3 Å². The molecule has 0 bridgehead atoms. The third-order valence-electron chi connectivity index (χ3n) is 3.22. The van der Waals surface area contributed by atoms with E-state index < -0.39 is 28.3 Å². The first-order valence-electron chi connectivity index (χ1n) is 7.19. The molecular weight excluding hydrogens is 404 g/mol. The van der Waals surface area contributed by atoms with E-state index in [0.29, 0.717) is 5.56 Å². The summed E-state index contributed by atoms with van der Waals surface area (Å²) in [5.74, 6) is -1.05. The molecule has 2 aromatic carbocycles. The Balaban J connectivity index is 2.01. The lowest BCUT2D eigenvalue weighted by Gasteiger charge is -2.17. The normalized spacial score (nSPS) is 11.9. The van der Waals surface area contributed by atoms with Gasteiger partial charge in [-0.2, -0.15) is 9.41 Å². The first-order valence-corrected chi connectivity index (χ1v) is 9.38. The number of likely N-dealkylation sites (N-methyl/N-ethyl adjacent to an activating group) is 1. The fourth-order valence-corrected chi connectivity index (χ4v) is 3.75. The first kappa shape index (κ1) is 20.3. The predicted molar refractivity (Wildman–Crippen MR) is 98.4 cm³/mol. The van der Waals surface area contributed by atoms with Gasteiger partial charge in [0.05, 0.1) is 17.8 Å². The van der Waals surface area contributed by atoms with E-state index in [-0.39, 0.29) is 14.9 Å². The molecule has 138 valence electrons. The zero-order valence-corrected chi connectivity index (χ0v) is 15.8. The standard InChI is InChI=1S/C16H14Cl2FN3O3S/c1-22(26(24,25)15-8-12(17)4-7-14(15)18)10-16(23)21-20-9-11-2-5-13(19)6-3-11/h2-9H,10H2,1H3,(H,21,23)/b20-9-. The number of hydrogen-bond donors (Lipinski definition) is 1. The number of halogens is 3. The highest BCUT2D eigenvalue weighted by molar-refractivity contribution is 7.89. The maximum absolute atomic E-state index is 12.8. The predicted octanol–water partition coefficient (Wildman–Crippen LogP) is 2.90. The molecular formula is C16H14Cl2FN3O3S. The summed E-state index contributed by atoms with van der Waals surface area (Å²) >= 11 is 11.7. The molecule has 0 radical (unpaired) electrons. The van der Waals surface area contributed by atoms with Gasteiger partial charge in [-0.15, -0.1) is 0 Å². The van der Waals surface area contributed by atoms with Gasteiger partial charge in [-0.3, -0.25) is 4.79 Å². The number of carbonyl (C=O) groups is 1. The number of nitrogens with one attached hydrogen (secondary N) is 1. The SMILES string of the molecule is CN(CC(=O)N/N=C\c1ccc(F)cc1)S(=O)(=O)c1cc(Cl)ccc1Cl. The van der Waals surface area contributed by atoms with Crippen LogP contribution in [0.2, 0.25) is 10.0 Å². The van der Waals surface area contributed by atoms with Crippen LogP contribution in [0.25, 0.3) is 0 Å². The van der Waals surface area contributed by atoms with Crippen LogP contribution >= 0.6 is 23.2 Å². The summed E-state index contributed by atoms with van der Waals surface area (Å²) in [6, 6.07) is 9.47. The molecule has 0 heterocycles. The van der Waals surface area contributed by atoms with Crippen molar-refractivity contribution in [2.24, 2.45) is 5.10 Å². The van der Waals surface area contributed by atoms with E-state index >= 15 is 0 Å². The monoisotopic (exact) mass is 417 g/mol. The number of amides is 1. The van der Waals surface area contributed by atoms with Gasteiger partial charge < -0.3 is 0 Å². The van der Waals surface area contributed by atoms with Crippen LogP contribution in [-0.4, -0.2) is 38.4 Å². The molecule has 0 atom stereocenters. The summed E-state index contributed by atoms with van der Waals surface area (Å²) in [6.07, 6.45) is 1.31. The largest absolute Gasteiger partial charge is 0.272 e. The Morgan fingerprint density at radius 1 is 1.23 bits per heavy atom. The van der Waals surface area contributed by atoms with Crippen molar-refractivity contribution in [3.05, 3.63) is 63.9 Å². The summed E-state index contributed by atoms with van der Waals surface area (Å²) in [5, 5.41) is 3.89. The highest BCUT2D eigenvalue weighted by Gasteiger charge is 2.25. The number of hydrazone groups is 1. The molecule has 0 spiro atoms. The van der Waals surface area contributed by atoms with Gasteiger partial charge in [-0.1, -0.05) is 35.3 Å². The second-order valence-corrected chi connectivity index (χ2v) is 8.04. The molecule has 2 aromatic rings. The second kappa shape index (κ2) is 8.59. The van der Waals surface area contributed by atoms with Gasteiger partial charge >= 0.3 is 0 Å². The third kappa shape index (κ3) is 5.25. The average molecular weight is 418 g/mol. The first-order chi connectivity index (χ1) is 12.2. The van der Waals surface area contributed by atoms with Crippen LogP contribution in [0.3, 0.4) is 0 Å². The third-order valence-corrected chi connectivity index (χ3v) is 5.74. The van der Waals surface area contributed by atoms with E-state index in [1.54, 1.807) is 0 Å². The van der Waals surface area contributed by atoms with Crippen molar-refractivity contribution in [3.8, 4) is 0 Å². The molecule has 1 amide bonds. The highest BCUT2D eigenvalue weighted by atomic mass is 35.5. The van der Waals surface area contributed by atoms with Crippen molar-refractivity contribution < 1.29 is 17.6 Å². The Kier molecular flexibility index (Phi) is 6.71. The minimum atomic E-state index is -4.01. The molecule has 0 saturated heterocycles. The van der Waals surface area contributed by atoms with Crippen LogP contribution in [0, 0.1) is 5.82 Å². The summed E-state index contributed by atoms with van der Waals surface area (Å²) < 4.78 is 38.6. The summed E-state index contributed by atoms with van der Waals surface area (Å²) in [5.41, 5.74) is 2.77. The summed E-state index contributed by atoms with van der Waals surface area (Å²) in [4.78, 5) is 11.7. The molecule has 6 nitrogen and oxygen atoms in total. The molecule has 0 fully saturated rings. The molecule has 0 saturated carbocycles. The number of carbonyl (C=O) groups excluding carboxylic acids is 1. The van der Waals surface area contributed by atoms with Crippen LogP contribution in [0.1, 0.15) is 5.56 Å². The summed E-state index contributed by atoms with van der Waals surface area (Å²) in [7, 11) is -2.77. The number of benzene rings is 2. The quantitative estimate of drug-likeness (QED) is 0.579. The molecule has 1 N–H and O–H groups in total. The molecule has 0 aliphatic carbocycles. The number of sulfonamides is 1. The fraction of sp³-hybridized carbons (Fsp3) is 0.125. The fourth-order valence-electron chi connectivity index (χ4n) is 1.89. The average Bonchev–Trinajstić information content (AvgIpc) is 2.58. The van der Waals surface area contributed by atoms with Crippen LogP contribution in [-0.2, 0) is 14.8 Å². The van der Waals surface area contributed by atoms with Gasteiger partial charge in [-0.05, 0) is 35.9 Å². The van der Waals surface area contributed by atoms with E-state index in [2.05, 4.69) is 10.5 Å². The highest BCUT2D eigenvalue weighted by Crippen LogP contribution is 2.27. The Hall–Kier alpha value is -2.00. The lowest BCUT2D eigenvalue weighted by Crippen LogP contribution is -2.36.